The van der Waals surface area contributed by atoms with Crippen LogP contribution in [0.4, 0.5) is 0 Å². The van der Waals surface area contributed by atoms with E-state index in [2.05, 4.69) is 21.6 Å². The highest BCUT2D eigenvalue weighted by Crippen LogP contribution is 2.30. The molecular weight excluding hydrogens is 310 g/mol. The molecule has 3 fully saturated rings. The molecule has 0 spiro atoms. The molecule has 0 bridgehead atoms. The van der Waals surface area contributed by atoms with Crippen LogP contribution in [0.15, 0.2) is 0 Å². The SMILES string of the molecule is CC1CCN(C2CCC(CN3CCN(C(=O)C(C)C)CC3)CC2)CC1. The van der Waals surface area contributed by atoms with Gasteiger partial charge < -0.3 is 9.80 Å². The summed E-state index contributed by atoms with van der Waals surface area (Å²) in [5.74, 6) is 2.29. The molecule has 3 rings (SSSR count). The summed E-state index contributed by atoms with van der Waals surface area (Å²) in [6, 6.07) is 0.865. The van der Waals surface area contributed by atoms with Gasteiger partial charge in [0.05, 0.1) is 0 Å². The lowest BCUT2D eigenvalue weighted by Crippen LogP contribution is -2.51. The van der Waals surface area contributed by atoms with Gasteiger partial charge in [0.2, 0.25) is 5.91 Å². The maximum Gasteiger partial charge on any atom is 0.225 e. The van der Waals surface area contributed by atoms with E-state index in [1.54, 1.807) is 0 Å². The molecule has 0 aromatic heterocycles. The molecule has 1 amide bonds. The van der Waals surface area contributed by atoms with Crippen LogP contribution in [0, 0.1) is 17.8 Å². The number of carbonyl (C=O) groups excluding carboxylic acids is 1. The van der Waals surface area contributed by atoms with Crippen molar-refractivity contribution in [2.24, 2.45) is 17.8 Å². The molecule has 2 heterocycles. The van der Waals surface area contributed by atoms with Crippen LogP contribution in [-0.4, -0.2) is 72.5 Å². The summed E-state index contributed by atoms with van der Waals surface area (Å²) in [4.78, 5) is 19.6. The van der Waals surface area contributed by atoms with Crippen molar-refractivity contribution in [3.8, 4) is 0 Å². The van der Waals surface area contributed by atoms with E-state index in [9.17, 15) is 4.79 Å². The Kier molecular flexibility index (Phi) is 6.79. The second-order valence-corrected chi connectivity index (χ2v) is 9.17. The average molecular weight is 350 g/mol. The third-order valence-corrected chi connectivity index (χ3v) is 6.85. The molecule has 0 N–H and O–H groups in total. The van der Waals surface area contributed by atoms with Crippen LogP contribution >= 0.6 is 0 Å². The molecule has 2 saturated heterocycles. The van der Waals surface area contributed by atoms with Gasteiger partial charge in [-0.05, 0) is 63.5 Å². The zero-order valence-corrected chi connectivity index (χ0v) is 16.8. The maximum atomic E-state index is 12.1. The maximum absolute atomic E-state index is 12.1. The highest BCUT2D eigenvalue weighted by molar-refractivity contribution is 5.78. The molecule has 4 heteroatoms. The Bertz CT molecular complexity index is 415. The molecule has 0 atom stereocenters. The van der Waals surface area contributed by atoms with Crippen LogP contribution in [-0.2, 0) is 4.79 Å². The standard InChI is InChI=1S/C21H39N3O/c1-17(2)21(25)24-14-12-22(13-15-24)16-19-4-6-20(7-5-19)23-10-8-18(3)9-11-23/h17-20H,4-16H2,1-3H3. The number of hydrogen-bond donors (Lipinski definition) is 0. The fraction of sp³-hybridized carbons (Fsp3) is 0.952. The van der Waals surface area contributed by atoms with Crippen molar-refractivity contribution in [3.63, 3.8) is 0 Å². The van der Waals surface area contributed by atoms with Gasteiger partial charge in [-0.3, -0.25) is 9.69 Å². The van der Waals surface area contributed by atoms with E-state index in [0.29, 0.717) is 5.91 Å². The van der Waals surface area contributed by atoms with Crippen LogP contribution in [0.25, 0.3) is 0 Å². The predicted molar refractivity (Wildman–Crippen MR) is 104 cm³/mol. The van der Waals surface area contributed by atoms with Gasteiger partial charge in [0.1, 0.15) is 0 Å². The minimum Gasteiger partial charge on any atom is -0.340 e. The lowest BCUT2D eigenvalue weighted by atomic mass is 9.83. The number of amides is 1. The predicted octanol–water partition coefficient (Wildman–Crippen LogP) is 3.08. The normalized spacial score (nSPS) is 30.8. The largest absolute Gasteiger partial charge is 0.340 e. The quantitative estimate of drug-likeness (QED) is 0.780. The second-order valence-electron chi connectivity index (χ2n) is 9.17. The number of nitrogens with zero attached hydrogens (tertiary/aromatic N) is 3. The summed E-state index contributed by atoms with van der Waals surface area (Å²) < 4.78 is 0. The Hall–Kier alpha value is -0.610. The fourth-order valence-corrected chi connectivity index (χ4v) is 4.97. The van der Waals surface area contributed by atoms with Gasteiger partial charge in [-0.15, -0.1) is 0 Å². The van der Waals surface area contributed by atoms with Gasteiger partial charge >= 0.3 is 0 Å². The molecule has 25 heavy (non-hydrogen) atoms. The number of likely N-dealkylation sites (tertiary alicyclic amines) is 1. The smallest absolute Gasteiger partial charge is 0.225 e. The third-order valence-electron chi connectivity index (χ3n) is 6.85. The van der Waals surface area contributed by atoms with E-state index in [1.165, 1.54) is 58.2 Å². The van der Waals surface area contributed by atoms with Crippen molar-refractivity contribution in [2.45, 2.75) is 65.3 Å². The highest BCUT2D eigenvalue weighted by Gasteiger charge is 2.30. The van der Waals surface area contributed by atoms with E-state index < -0.39 is 0 Å². The Morgan fingerprint density at radius 3 is 2.04 bits per heavy atom. The summed E-state index contributed by atoms with van der Waals surface area (Å²) in [6.45, 7) is 14.4. The number of rotatable bonds is 4. The first-order valence-electron chi connectivity index (χ1n) is 10.8. The average Bonchev–Trinajstić information content (AvgIpc) is 2.63. The van der Waals surface area contributed by atoms with E-state index >= 15 is 0 Å². The van der Waals surface area contributed by atoms with Gasteiger partial charge in [0, 0.05) is 44.7 Å². The lowest BCUT2D eigenvalue weighted by Gasteiger charge is -2.42. The first kappa shape index (κ1) is 19.2. The molecule has 4 nitrogen and oxygen atoms in total. The molecule has 0 unspecified atom stereocenters. The minimum atomic E-state index is 0.139. The summed E-state index contributed by atoms with van der Waals surface area (Å²) in [5, 5.41) is 0. The monoisotopic (exact) mass is 349 g/mol. The molecule has 144 valence electrons. The molecule has 1 saturated carbocycles. The molecule has 1 aliphatic carbocycles. The van der Waals surface area contributed by atoms with Crippen molar-refractivity contribution in [1.82, 2.24) is 14.7 Å². The Labute approximate surface area is 154 Å². The topological polar surface area (TPSA) is 26.8 Å². The molecule has 0 aromatic rings. The van der Waals surface area contributed by atoms with Gasteiger partial charge in [-0.1, -0.05) is 20.8 Å². The van der Waals surface area contributed by atoms with Gasteiger partial charge in [-0.2, -0.15) is 0 Å². The van der Waals surface area contributed by atoms with Crippen LogP contribution < -0.4 is 0 Å². The number of piperidine rings is 1. The van der Waals surface area contributed by atoms with Crippen molar-refractivity contribution in [1.29, 1.82) is 0 Å². The number of hydrogen-bond acceptors (Lipinski definition) is 3. The third kappa shape index (κ3) is 5.19. The molecule has 3 aliphatic rings. The van der Waals surface area contributed by atoms with Gasteiger partial charge in [0.15, 0.2) is 0 Å². The van der Waals surface area contributed by atoms with Crippen molar-refractivity contribution < 1.29 is 4.79 Å². The van der Waals surface area contributed by atoms with E-state index in [-0.39, 0.29) is 5.92 Å². The first-order chi connectivity index (χ1) is 12.0. The Balaban J connectivity index is 1.35. The summed E-state index contributed by atoms with van der Waals surface area (Å²) >= 11 is 0. The van der Waals surface area contributed by atoms with Crippen LogP contribution in [0.5, 0.6) is 0 Å². The van der Waals surface area contributed by atoms with Crippen molar-refractivity contribution >= 4 is 5.91 Å². The summed E-state index contributed by atoms with van der Waals surface area (Å²) in [5.41, 5.74) is 0. The summed E-state index contributed by atoms with van der Waals surface area (Å²) in [7, 11) is 0. The van der Waals surface area contributed by atoms with Crippen molar-refractivity contribution in [2.75, 3.05) is 45.8 Å². The Morgan fingerprint density at radius 1 is 0.880 bits per heavy atom. The van der Waals surface area contributed by atoms with E-state index in [1.807, 2.05) is 13.8 Å². The van der Waals surface area contributed by atoms with E-state index in [4.69, 9.17) is 0 Å². The zero-order chi connectivity index (χ0) is 17.8. The molecule has 0 aromatic carbocycles. The molecule has 2 aliphatic heterocycles. The highest BCUT2D eigenvalue weighted by atomic mass is 16.2. The Morgan fingerprint density at radius 2 is 1.48 bits per heavy atom. The van der Waals surface area contributed by atoms with Crippen LogP contribution in [0.3, 0.4) is 0 Å². The zero-order valence-electron chi connectivity index (χ0n) is 16.8. The van der Waals surface area contributed by atoms with Gasteiger partial charge in [0.25, 0.3) is 0 Å². The van der Waals surface area contributed by atoms with Crippen LogP contribution in [0.1, 0.15) is 59.3 Å². The molecular formula is C21H39N3O. The second kappa shape index (κ2) is 8.85. The van der Waals surface area contributed by atoms with Crippen LogP contribution in [0.2, 0.25) is 0 Å². The number of piperazine rings is 1. The lowest BCUT2D eigenvalue weighted by molar-refractivity contribution is -0.136. The van der Waals surface area contributed by atoms with Gasteiger partial charge in [-0.25, -0.2) is 0 Å². The summed E-state index contributed by atoms with van der Waals surface area (Å²) in [6.07, 6.45) is 8.43. The van der Waals surface area contributed by atoms with Crippen molar-refractivity contribution in [3.05, 3.63) is 0 Å². The minimum absolute atomic E-state index is 0.139. The number of carbonyl (C=O) groups is 1. The molecule has 0 radical (unpaired) electrons. The fourth-order valence-electron chi connectivity index (χ4n) is 4.97. The first-order valence-corrected chi connectivity index (χ1v) is 10.8. The van der Waals surface area contributed by atoms with E-state index in [0.717, 1.165) is 44.1 Å².